The van der Waals surface area contributed by atoms with Gasteiger partial charge in [0.2, 0.25) is 5.91 Å². The molecule has 1 aromatic heterocycles. The van der Waals surface area contributed by atoms with E-state index in [0.29, 0.717) is 22.9 Å². The summed E-state index contributed by atoms with van der Waals surface area (Å²) in [5, 5.41) is 3.25. The predicted octanol–water partition coefficient (Wildman–Crippen LogP) is 3.15. The maximum atomic E-state index is 11.3. The van der Waals surface area contributed by atoms with Crippen molar-refractivity contribution < 1.29 is 14.3 Å². The van der Waals surface area contributed by atoms with E-state index >= 15 is 0 Å². The first-order chi connectivity index (χ1) is 11.4. The molecule has 0 bridgehead atoms. The maximum absolute atomic E-state index is 11.3. The minimum Gasteiger partial charge on any atom is -0.493 e. The average molecular weight is 329 g/mol. The number of hydrogen-bond donors (Lipinski definition) is 2. The van der Waals surface area contributed by atoms with Gasteiger partial charge in [0.15, 0.2) is 11.5 Å². The molecule has 1 heterocycles. The lowest BCUT2D eigenvalue weighted by atomic mass is 10.1. The Morgan fingerprint density at radius 1 is 1.17 bits per heavy atom. The van der Waals surface area contributed by atoms with Gasteiger partial charge in [0.1, 0.15) is 5.82 Å². The van der Waals surface area contributed by atoms with Crippen LogP contribution in [-0.4, -0.2) is 24.1 Å². The number of ether oxygens (including phenoxy) is 2. The first kappa shape index (κ1) is 17.6. The molecule has 2 rings (SSSR count). The molecular formula is C18H23N3O3. The normalized spacial score (nSPS) is 11.9. The Bertz CT molecular complexity index is 716. The van der Waals surface area contributed by atoms with Gasteiger partial charge < -0.3 is 20.5 Å². The quantitative estimate of drug-likeness (QED) is 0.815. The Labute approximate surface area is 142 Å². The zero-order valence-corrected chi connectivity index (χ0v) is 14.4. The monoisotopic (exact) mass is 329 g/mol. The van der Waals surface area contributed by atoms with Crippen molar-refractivity contribution in [1.29, 1.82) is 0 Å². The third-order valence-corrected chi connectivity index (χ3v) is 3.46. The van der Waals surface area contributed by atoms with Gasteiger partial charge in [-0.25, -0.2) is 4.98 Å². The minimum absolute atomic E-state index is 0.0392. The first-order valence-corrected chi connectivity index (χ1v) is 7.77. The lowest BCUT2D eigenvalue weighted by Gasteiger charge is -2.18. The number of pyridine rings is 1. The third-order valence-electron chi connectivity index (χ3n) is 3.46. The highest BCUT2D eigenvalue weighted by Gasteiger charge is 2.12. The summed E-state index contributed by atoms with van der Waals surface area (Å²) in [4.78, 5) is 15.5. The Morgan fingerprint density at radius 2 is 1.92 bits per heavy atom. The zero-order valence-electron chi connectivity index (χ0n) is 14.4. The van der Waals surface area contributed by atoms with Crippen molar-refractivity contribution in [1.82, 2.24) is 4.98 Å². The molecule has 6 nitrogen and oxygen atoms in total. The summed E-state index contributed by atoms with van der Waals surface area (Å²) in [5.41, 5.74) is 6.72. The SMILES string of the molecule is COc1cc(C(C)Nc2cc(C(N)=O)ccn2)ccc1OC(C)C. The van der Waals surface area contributed by atoms with Gasteiger partial charge >= 0.3 is 0 Å². The zero-order chi connectivity index (χ0) is 17.7. The highest BCUT2D eigenvalue weighted by molar-refractivity contribution is 5.93. The maximum Gasteiger partial charge on any atom is 0.248 e. The summed E-state index contributed by atoms with van der Waals surface area (Å²) in [7, 11) is 1.61. The van der Waals surface area contributed by atoms with Crippen LogP contribution in [0.15, 0.2) is 36.5 Å². The molecule has 0 spiro atoms. The fraction of sp³-hybridized carbons (Fsp3) is 0.333. The van der Waals surface area contributed by atoms with Crippen LogP contribution >= 0.6 is 0 Å². The smallest absolute Gasteiger partial charge is 0.248 e. The fourth-order valence-electron chi connectivity index (χ4n) is 2.27. The Balaban J connectivity index is 2.19. The summed E-state index contributed by atoms with van der Waals surface area (Å²) < 4.78 is 11.1. The van der Waals surface area contributed by atoms with E-state index in [1.165, 1.54) is 0 Å². The average Bonchev–Trinajstić information content (AvgIpc) is 2.54. The number of hydrogen-bond acceptors (Lipinski definition) is 5. The number of primary amides is 1. The number of benzene rings is 1. The lowest BCUT2D eigenvalue weighted by molar-refractivity contribution is 0.1000. The van der Waals surface area contributed by atoms with Crippen molar-refractivity contribution in [2.75, 3.05) is 12.4 Å². The fourth-order valence-corrected chi connectivity index (χ4v) is 2.27. The molecule has 3 N–H and O–H groups in total. The van der Waals surface area contributed by atoms with Crippen LogP contribution in [0.5, 0.6) is 11.5 Å². The number of methoxy groups -OCH3 is 1. The number of nitrogens with one attached hydrogen (secondary N) is 1. The summed E-state index contributed by atoms with van der Waals surface area (Å²) in [6, 6.07) is 8.96. The number of nitrogens with two attached hydrogens (primary N) is 1. The predicted molar refractivity (Wildman–Crippen MR) is 93.6 cm³/mol. The molecule has 1 aromatic carbocycles. The van der Waals surface area contributed by atoms with Gasteiger partial charge in [0.05, 0.1) is 19.3 Å². The second-order valence-corrected chi connectivity index (χ2v) is 5.74. The summed E-state index contributed by atoms with van der Waals surface area (Å²) >= 11 is 0. The molecule has 1 atom stereocenters. The second-order valence-electron chi connectivity index (χ2n) is 5.74. The van der Waals surface area contributed by atoms with Crippen LogP contribution in [-0.2, 0) is 0 Å². The van der Waals surface area contributed by atoms with Crippen LogP contribution in [0.2, 0.25) is 0 Å². The van der Waals surface area contributed by atoms with Crippen LogP contribution in [0, 0.1) is 0 Å². The van der Waals surface area contributed by atoms with Gasteiger partial charge in [-0.15, -0.1) is 0 Å². The van der Waals surface area contributed by atoms with E-state index in [-0.39, 0.29) is 12.1 Å². The van der Waals surface area contributed by atoms with E-state index in [4.69, 9.17) is 15.2 Å². The van der Waals surface area contributed by atoms with Crippen molar-refractivity contribution in [2.24, 2.45) is 5.73 Å². The molecule has 0 saturated carbocycles. The molecule has 128 valence electrons. The standard InChI is InChI=1S/C18H23N3O3/c1-11(2)24-15-6-5-13(9-16(15)23-4)12(3)21-17-10-14(18(19)22)7-8-20-17/h5-12H,1-4H3,(H2,19,22)(H,20,21). The van der Waals surface area contributed by atoms with E-state index in [1.807, 2.05) is 39.0 Å². The van der Waals surface area contributed by atoms with Gasteiger partial charge in [-0.2, -0.15) is 0 Å². The molecule has 1 amide bonds. The topological polar surface area (TPSA) is 86.5 Å². The van der Waals surface area contributed by atoms with Gasteiger partial charge in [-0.05, 0) is 50.6 Å². The molecule has 0 radical (unpaired) electrons. The van der Waals surface area contributed by atoms with Crippen molar-refractivity contribution in [3.05, 3.63) is 47.7 Å². The van der Waals surface area contributed by atoms with E-state index in [2.05, 4.69) is 10.3 Å². The highest BCUT2D eigenvalue weighted by Crippen LogP contribution is 2.31. The van der Waals surface area contributed by atoms with E-state index in [0.717, 1.165) is 5.56 Å². The number of amides is 1. The number of carbonyl (C=O) groups is 1. The summed E-state index contributed by atoms with van der Waals surface area (Å²) in [6.07, 6.45) is 1.62. The van der Waals surface area contributed by atoms with Crippen LogP contribution in [0.4, 0.5) is 5.82 Å². The van der Waals surface area contributed by atoms with E-state index < -0.39 is 5.91 Å². The number of anilines is 1. The van der Waals surface area contributed by atoms with Crippen molar-refractivity contribution in [3.8, 4) is 11.5 Å². The number of rotatable bonds is 7. The van der Waals surface area contributed by atoms with Crippen molar-refractivity contribution in [3.63, 3.8) is 0 Å². The van der Waals surface area contributed by atoms with Gasteiger partial charge in [-0.1, -0.05) is 6.07 Å². The van der Waals surface area contributed by atoms with Gasteiger partial charge in [0, 0.05) is 11.8 Å². The molecule has 0 aliphatic carbocycles. The van der Waals surface area contributed by atoms with Gasteiger partial charge in [0.25, 0.3) is 0 Å². The second kappa shape index (κ2) is 7.68. The molecule has 0 aliphatic heterocycles. The Hall–Kier alpha value is -2.76. The third kappa shape index (κ3) is 4.38. The van der Waals surface area contributed by atoms with Crippen molar-refractivity contribution in [2.45, 2.75) is 32.9 Å². The lowest BCUT2D eigenvalue weighted by Crippen LogP contribution is -2.13. The Kier molecular flexibility index (Phi) is 5.63. The number of nitrogens with zero attached hydrogens (tertiary/aromatic N) is 1. The first-order valence-electron chi connectivity index (χ1n) is 7.77. The van der Waals surface area contributed by atoms with E-state index in [1.54, 1.807) is 25.4 Å². The number of aromatic nitrogens is 1. The largest absolute Gasteiger partial charge is 0.493 e. The van der Waals surface area contributed by atoms with Crippen LogP contribution in [0.25, 0.3) is 0 Å². The van der Waals surface area contributed by atoms with Crippen LogP contribution < -0.4 is 20.5 Å². The van der Waals surface area contributed by atoms with Crippen molar-refractivity contribution >= 4 is 11.7 Å². The molecule has 24 heavy (non-hydrogen) atoms. The van der Waals surface area contributed by atoms with Crippen LogP contribution in [0.1, 0.15) is 42.7 Å². The Morgan fingerprint density at radius 3 is 2.54 bits per heavy atom. The molecular weight excluding hydrogens is 306 g/mol. The highest BCUT2D eigenvalue weighted by atomic mass is 16.5. The molecule has 6 heteroatoms. The molecule has 0 aliphatic rings. The van der Waals surface area contributed by atoms with E-state index in [9.17, 15) is 4.79 Å². The molecule has 2 aromatic rings. The van der Waals surface area contributed by atoms with Crippen LogP contribution in [0.3, 0.4) is 0 Å². The minimum atomic E-state index is -0.482. The summed E-state index contributed by atoms with van der Waals surface area (Å²) in [5.74, 6) is 1.48. The number of carbonyl (C=O) groups excluding carboxylic acids is 1. The summed E-state index contributed by atoms with van der Waals surface area (Å²) in [6.45, 7) is 5.93. The van der Waals surface area contributed by atoms with Gasteiger partial charge in [-0.3, -0.25) is 4.79 Å². The molecule has 0 fully saturated rings. The molecule has 0 saturated heterocycles. The molecule has 1 unspecified atom stereocenters.